The third kappa shape index (κ3) is 6.11. The second-order valence-electron chi connectivity index (χ2n) is 8.25. The maximum absolute atomic E-state index is 13.4. The zero-order valence-corrected chi connectivity index (χ0v) is 22.2. The van der Waals surface area contributed by atoms with Crippen molar-refractivity contribution in [2.24, 2.45) is 5.10 Å². The predicted octanol–water partition coefficient (Wildman–Crippen LogP) is 5.98. The third-order valence-corrected chi connectivity index (χ3v) is 6.09. The fourth-order valence-corrected chi connectivity index (χ4v) is 4.20. The van der Waals surface area contributed by atoms with Crippen molar-refractivity contribution < 1.29 is 32.5 Å². The molecule has 0 fully saturated rings. The third-order valence-electron chi connectivity index (χ3n) is 5.50. The molecule has 0 aliphatic carbocycles. The summed E-state index contributed by atoms with van der Waals surface area (Å²) in [7, 11) is 0. The number of para-hydroxylation sites is 1. The molecule has 0 unspecified atom stereocenters. The quantitative estimate of drug-likeness (QED) is 0.249. The van der Waals surface area contributed by atoms with E-state index in [9.17, 15) is 27.9 Å². The lowest BCUT2D eigenvalue weighted by Gasteiger charge is -2.17. The van der Waals surface area contributed by atoms with Gasteiger partial charge in [0.2, 0.25) is 0 Å². The molecule has 1 N–H and O–H groups in total. The Hall–Kier alpha value is -4.19. The minimum atomic E-state index is -4.59. The highest BCUT2D eigenvalue weighted by molar-refractivity contribution is 9.10. The minimum absolute atomic E-state index is 0.0485. The van der Waals surface area contributed by atoms with Crippen LogP contribution in [0.5, 0.6) is 11.5 Å². The molecule has 8 nitrogen and oxygen atoms in total. The van der Waals surface area contributed by atoms with E-state index in [0.717, 1.165) is 16.8 Å². The summed E-state index contributed by atoms with van der Waals surface area (Å²) in [5.41, 5.74) is -0.696. The van der Waals surface area contributed by atoms with Crippen LogP contribution in [0.1, 0.15) is 25.0 Å². The Morgan fingerprint density at radius 3 is 2.62 bits per heavy atom. The topological polar surface area (TPSA) is 103 Å². The number of carbonyl (C=O) groups is 1. The van der Waals surface area contributed by atoms with Crippen LogP contribution in [0.25, 0.3) is 22.3 Å². The first-order chi connectivity index (χ1) is 18.5. The second kappa shape index (κ2) is 11.3. The normalized spacial score (nSPS) is 12.6. The zero-order valence-electron chi connectivity index (χ0n) is 20.6. The Morgan fingerprint density at radius 1 is 1.18 bits per heavy atom. The van der Waals surface area contributed by atoms with Crippen molar-refractivity contribution in [2.75, 3.05) is 6.61 Å². The number of aliphatic carboxylic acids is 1. The number of ether oxygens (including phenoxy) is 2. The zero-order chi connectivity index (χ0) is 28.3. The summed E-state index contributed by atoms with van der Waals surface area (Å²) >= 11 is 3.35. The van der Waals surface area contributed by atoms with Crippen molar-refractivity contribution in [2.45, 2.75) is 26.1 Å². The van der Waals surface area contributed by atoms with E-state index in [1.54, 1.807) is 37.3 Å². The molecule has 0 radical (unpaired) electrons. The average Bonchev–Trinajstić information content (AvgIpc) is 2.89. The fourth-order valence-electron chi connectivity index (χ4n) is 3.64. The molecule has 1 atom stereocenters. The van der Waals surface area contributed by atoms with Crippen LogP contribution in [0.3, 0.4) is 0 Å². The lowest BCUT2D eigenvalue weighted by atomic mass is 10.1. The molecule has 202 valence electrons. The molecule has 0 spiro atoms. The number of benzene rings is 3. The molecular formula is C27H21BrF3N3O5. The van der Waals surface area contributed by atoms with Gasteiger partial charge in [0.05, 0.1) is 33.8 Å². The Bertz CT molecular complexity index is 1640. The molecule has 1 heterocycles. The van der Waals surface area contributed by atoms with Crippen molar-refractivity contribution in [3.05, 3.63) is 86.6 Å². The Kier molecular flexibility index (Phi) is 8.05. The minimum Gasteiger partial charge on any atom is -0.490 e. The van der Waals surface area contributed by atoms with E-state index in [1.807, 2.05) is 0 Å². The Morgan fingerprint density at radius 2 is 1.92 bits per heavy atom. The first-order valence-electron chi connectivity index (χ1n) is 11.6. The van der Waals surface area contributed by atoms with E-state index in [1.165, 1.54) is 31.3 Å². The van der Waals surface area contributed by atoms with Crippen molar-refractivity contribution in [3.63, 3.8) is 0 Å². The first kappa shape index (κ1) is 27.8. The number of carboxylic acids is 1. The van der Waals surface area contributed by atoms with Crippen LogP contribution in [0.4, 0.5) is 13.2 Å². The molecule has 12 heteroatoms. The van der Waals surface area contributed by atoms with Gasteiger partial charge >= 0.3 is 12.1 Å². The molecule has 0 saturated carbocycles. The summed E-state index contributed by atoms with van der Waals surface area (Å²) < 4.78 is 52.6. The van der Waals surface area contributed by atoms with Gasteiger partial charge in [-0.05, 0) is 71.7 Å². The summed E-state index contributed by atoms with van der Waals surface area (Å²) in [6.07, 6.45) is -4.44. The summed E-state index contributed by atoms with van der Waals surface area (Å²) in [6.45, 7) is 3.35. The molecule has 0 aliphatic heterocycles. The van der Waals surface area contributed by atoms with Gasteiger partial charge in [-0.25, -0.2) is 9.78 Å². The van der Waals surface area contributed by atoms with Gasteiger partial charge in [0.1, 0.15) is 0 Å². The molecule has 4 rings (SSSR count). The number of hydrogen-bond donors (Lipinski definition) is 1. The second-order valence-corrected chi connectivity index (χ2v) is 9.11. The number of aromatic nitrogens is 2. The van der Waals surface area contributed by atoms with Gasteiger partial charge in [0.25, 0.3) is 5.56 Å². The van der Waals surface area contributed by atoms with E-state index in [4.69, 9.17) is 9.47 Å². The summed E-state index contributed by atoms with van der Waals surface area (Å²) in [5, 5.41) is 13.7. The summed E-state index contributed by atoms with van der Waals surface area (Å²) in [4.78, 5) is 29.1. The number of nitrogens with zero attached hydrogens (tertiary/aromatic N) is 3. The van der Waals surface area contributed by atoms with Gasteiger partial charge in [-0.2, -0.15) is 22.9 Å². The highest BCUT2D eigenvalue weighted by Crippen LogP contribution is 2.37. The van der Waals surface area contributed by atoms with Crippen molar-refractivity contribution in [1.82, 2.24) is 9.66 Å². The maximum Gasteiger partial charge on any atom is 0.416 e. The highest BCUT2D eigenvalue weighted by Gasteiger charge is 2.31. The monoisotopic (exact) mass is 603 g/mol. The number of halogens is 4. The van der Waals surface area contributed by atoms with E-state index < -0.39 is 29.4 Å². The van der Waals surface area contributed by atoms with Crippen LogP contribution in [0, 0.1) is 0 Å². The van der Waals surface area contributed by atoms with Crippen LogP contribution in [-0.2, 0) is 11.0 Å². The Balaban J connectivity index is 1.85. The van der Waals surface area contributed by atoms with Gasteiger partial charge < -0.3 is 14.6 Å². The number of alkyl halides is 3. The fraction of sp³-hybridized carbons (Fsp3) is 0.185. The van der Waals surface area contributed by atoms with Crippen LogP contribution in [0.2, 0.25) is 0 Å². The molecule has 3 aromatic carbocycles. The van der Waals surface area contributed by atoms with Gasteiger partial charge in [0.15, 0.2) is 23.4 Å². The molecule has 0 bridgehead atoms. The van der Waals surface area contributed by atoms with E-state index in [2.05, 4.69) is 26.0 Å². The SMILES string of the molecule is CCOc1cc(C=Nn2c(-c3cccc(C(F)(F)F)c3)nc3ccccc3c2=O)cc(Br)c1O[C@@H](C)C(=O)O. The molecule has 1 aromatic heterocycles. The molecule has 0 saturated heterocycles. The van der Waals surface area contributed by atoms with Crippen LogP contribution in [0.15, 0.2) is 75.0 Å². The molecule has 4 aromatic rings. The summed E-state index contributed by atoms with van der Waals surface area (Å²) in [5.74, 6) is -0.859. The molecular weight excluding hydrogens is 583 g/mol. The number of rotatable bonds is 8. The van der Waals surface area contributed by atoms with Gasteiger partial charge in [-0.1, -0.05) is 24.3 Å². The van der Waals surface area contributed by atoms with E-state index in [-0.39, 0.29) is 34.9 Å². The highest BCUT2D eigenvalue weighted by atomic mass is 79.9. The van der Waals surface area contributed by atoms with Gasteiger partial charge in [-0.15, -0.1) is 0 Å². The molecule has 0 aliphatic rings. The largest absolute Gasteiger partial charge is 0.490 e. The first-order valence-corrected chi connectivity index (χ1v) is 12.4. The van der Waals surface area contributed by atoms with Crippen molar-refractivity contribution in [3.8, 4) is 22.9 Å². The smallest absolute Gasteiger partial charge is 0.416 e. The standard InChI is InChI=1S/C27H21BrF3N3O5/c1-3-38-22-12-16(11-20(28)23(22)39-15(2)26(36)37)14-32-34-24(17-7-6-8-18(13-17)27(29,30)31)33-21-10-5-4-9-19(21)25(34)35/h4-15H,3H2,1-2H3,(H,36,37)/t15-/m0/s1. The molecule has 0 amide bonds. The number of hydrogen-bond acceptors (Lipinski definition) is 6. The number of carboxylic acid groups (broad SMARTS) is 1. The van der Waals surface area contributed by atoms with Crippen LogP contribution >= 0.6 is 15.9 Å². The van der Waals surface area contributed by atoms with E-state index >= 15 is 0 Å². The van der Waals surface area contributed by atoms with Gasteiger partial charge in [-0.3, -0.25) is 4.79 Å². The lowest BCUT2D eigenvalue weighted by Crippen LogP contribution is -2.23. The van der Waals surface area contributed by atoms with Crippen LogP contribution in [-0.4, -0.2) is 39.7 Å². The van der Waals surface area contributed by atoms with Crippen LogP contribution < -0.4 is 15.0 Å². The van der Waals surface area contributed by atoms with Gasteiger partial charge in [0, 0.05) is 5.56 Å². The lowest BCUT2D eigenvalue weighted by molar-refractivity contribution is -0.144. The van der Waals surface area contributed by atoms with Crippen molar-refractivity contribution in [1.29, 1.82) is 0 Å². The maximum atomic E-state index is 13.4. The summed E-state index contributed by atoms with van der Waals surface area (Å²) in [6, 6.07) is 14.0. The van der Waals surface area contributed by atoms with Crippen molar-refractivity contribution >= 4 is 39.0 Å². The van der Waals surface area contributed by atoms with E-state index in [0.29, 0.717) is 15.6 Å². The predicted molar refractivity (Wildman–Crippen MR) is 142 cm³/mol. The average molecular weight is 604 g/mol. The Labute approximate surface area is 228 Å². The molecule has 39 heavy (non-hydrogen) atoms. The number of fused-ring (bicyclic) bond motifs is 1.